The quantitative estimate of drug-likeness (QED) is 0.501. The average molecular weight is 556 g/mol. The van der Waals surface area contributed by atoms with E-state index in [1.54, 1.807) is 32.6 Å². The summed E-state index contributed by atoms with van der Waals surface area (Å²) < 4.78 is 22.1. The van der Waals surface area contributed by atoms with Crippen molar-refractivity contribution in [2.24, 2.45) is 11.3 Å². The molecule has 1 atom stereocenters. The van der Waals surface area contributed by atoms with Crippen LogP contribution in [0, 0.1) is 11.3 Å². The van der Waals surface area contributed by atoms with Crippen LogP contribution in [-0.4, -0.2) is 69.2 Å². The number of nitrogens with zero attached hydrogens (tertiary/aromatic N) is 1. The predicted octanol–water partition coefficient (Wildman–Crippen LogP) is 3.09. The standard InChI is InChI=1S/C30H41N3O7/c1-3-39-29(36)30(16-22-6-7-22)17-23-8-9-25(37-2)26(15-23)40-20-28(35)31-11-13-33(18-24-10-14-38-19-24)12-4-5-27(34)32-21-30/h8-10,14-15,19,22H,3-7,11-13,16-18,20-21H2,1-2H3,(H,31,35)(H,32,34). The maximum Gasteiger partial charge on any atom is 0.314 e. The maximum absolute atomic E-state index is 13.5. The van der Waals surface area contributed by atoms with Crippen LogP contribution >= 0.6 is 0 Å². The zero-order valence-corrected chi connectivity index (χ0v) is 23.5. The molecular formula is C30H41N3O7. The minimum absolute atomic E-state index is 0.0964. The van der Waals surface area contributed by atoms with E-state index in [4.69, 9.17) is 18.6 Å². The SMILES string of the molecule is CCOC(=O)C1(CC2CC2)CNC(=O)CCCN(Cc2ccoc2)CCNC(=O)COc2cc(ccc2OC)C1. The van der Waals surface area contributed by atoms with Crippen molar-refractivity contribution in [2.45, 2.75) is 52.0 Å². The Labute approximate surface area is 235 Å². The van der Waals surface area contributed by atoms with Gasteiger partial charge in [-0.1, -0.05) is 18.9 Å². The number of esters is 1. The molecule has 1 saturated carbocycles. The molecule has 0 radical (unpaired) electrons. The second-order valence-electron chi connectivity index (χ2n) is 10.7. The largest absolute Gasteiger partial charge is 0.493 e. The van der Waals surface area contributed by atoms with E-state index in [9.17, 15) is 14.4 Å². The summed E-state index contributed by atoms with van der Waals surface area (Å²) in [5.41, 5.74) is 0.956. The number of fused-ring (bicyclic) bond motifs is 2. The van der Waals surface area contributed by atoms with E-state index in [2.05, 4.69) is 15.5 Å². The molecule has 0 saturated heterocycles. The highest BCUT2D eigenvalue weighted by Gasteiger charge is 2.44. The Morgan fingerprint density at radius 1 is 1.15 bits per heavy atom. The molecule has 2 heterocycles. The Hall–Kier alpha value is -3.53. The number of hydrogen-bond acceptors (Lipinski definition) is 8. The first kappa shape index (κ1) is 29.5. The summed E-state index contributed by atoms with van der Waals surface area (Å²) in [5.74, 6) is 0.695. The van der Waals surface area contributed by atoms with Crippen LogP contribution < -0.4 is 20.1 Å². The lowest BCUT2D eigenvalue weighted by Crippen LogP contribution is -2.46. The van der Waals surface area contributed by atoms with E-state index in [-0.39, 0.29) is 37.5 Å². The molecule has 10 nitrogen and oxygen atoms in total. The van der Waals surface area contributed by atoms with Crippen molar-refractivity contribution in [1.29, 1.82) is 0 Å². The molecule has 1 unspecified atom stereocenters. The van der Waals surface area contributed by atoms with Crippen molar-refractivity contribution in [3.63, 3.8) is 0 Å². The number of nitrogens with one attached hydrogen (secondary N) is 2. The summed E-state index contributed by atoms with van der Waals surface area (Å²) in [4.78, 5) is 41.2. The summed E-state index contributed by atoms with van der Waals surface area (Å²) in [6, 6.07) is 7.38. The van der Waals surface area contributed by atoms with Gasteiger partial charge < -0.3 is 29.3 Å². The molecule has 2 N–H and O–H groups in total. The van der Waals surface area contributed by atoms with Crippen LogP contribution in [0.1, 0.15) is 50.2 Å². The summed E-state index contributed by atoms with van der Waals surface area (Å²) in [7, 11) is 1.54. The minimum Gasteiger partial charge on any atom is -0.493 e. The van der Waals surface area contributed by atoms with Gasteiger partial charge in [0.2, 0.25) is 5.91 Å². The summed E-state index contributed by atoms with van der Waals surface area (Å²) in [5, 5.41) is 5.97. The Morgan fingerprint density at radius 3 is 2.73 bits per heavy atom. The van der Waals surface area contributed by atoms with Crippen molar-refractivity contribution < 1.29 is 33.0 Å². The highest BCUT2D eigenvalue weighted by atomic mass is 16.5. The Balaban J connectivity index is 1.58. The lowest BCUT2D eigenvalue weighted by Gasteiger charge is -2.32. The topological polar surface area (TPSA) is 119 Å². The van der Waals surface area contributed by atoms with Crippen LogP contribution in [0.15, 0.2) is 41.2 Å². The molecule has 4 rings (SSSR count). The summed E-state index contributed by atoms with van der Waals surface area (Å²) >= 11 is 0. The molecule has 10 heteroatoms. The van der Waals surface area contributed by atoms with Gasteiger partial charge in [0.1, 0.15) is 0 Å². The first-order valence-electron chi connectivity index (χ1n) is 14.1. The number of furan rings is 1. The molecule has 2 amide bonds. The van der Waals surface area contributed by atoms with Crippen molar-refractivity contribution >= 4 is 17.8 Å². The number of rotatable bonds is 7. The molecule has 0 spiro atoms. The van der Waals surface area contributed by atoms with Gasteiger partial charge in [-0.05, 0) is 62.4 Å². The van der Waals surface area contributed by atoms with Gasteiger partial charge >= 0.3 is 5.97 Å². The fourth-order valence-corrected chi connectivity index (χ4v) is 5.21. The van der Waals surface area contributed by atoms with Gasteiger partial charge in [0.15, 0.2) is 18.1 Å². The first-order valence-corrected chi connectivity index (χ1v) is 14.1. The van der Waals surface area contributed by atoms with Crippen LogP contribution in [0.3, 0.4) is 0 Å². The van der Waals surface area contributed by atoms with Crippen LogP contribution in [0.2, 0.25) is 0 Å². The number of methoxy groups -OCH3 is 1. The lowest BCUT2D eigenvalue weighted by atomic mass is 9.76. The smallest absolute Gasteiger partial charge is 0.314 e. The van der Waals surface area contributed by atoms with Crippen molar-refractivity contribution in [1.82, 2.24) is 15.5 Å². The Bertz CT molecular complexity index is 1130. The zero-order chi connectivity index (χ0) is 28.4. The third-order valence-corrected chi connectivity index (χ3v) is 7.45. The molecule has 1 fully saturated rings. The molecule has 40 heavy (non-hydrogen) atoms. The monoisotopic (exact) mass is 555 g/mol. The molecule has 1 aliphatic heterocycles. The van der Waals surface area contributed by atoms with E-state index in [1.807, 2.05) is 18.2 Å². The fraction of sp³-hybridized carbons (Fsp3) is 0.567. The normalized spacial score (nSPS) is 21.8. The van der Waals surface area contributed by atoms with Crippen molar-refractivity contribution in [2.75, 3.05) is 46.5 Å². The minimum atomic E-state index is -0.908. The van der Waals surface area contributed by atoms with Gasteiger partial charge in [0.05, 0.1) is 31.7 Å². The number of carbonyl (C=O) groups excluding carboxylic acids is 3. The van der Waals surface area contributed by atoms with Gasteiger partial charge in [-0.2, -0.15) is 0 Å². The number of ether oxygens (including phenoxy) is 3. The average Bonchev–Trinajstić information content (AvgIpc) is 3.60. The number of carbonyl (C=O) groups is 3. The molecule has 2 bridgehead atoms. The van der Waals surface area contributed by atoms with E-state index in [0.717, 1.165) is 24.0 Å². The molecule has 1 aromatic heterocycles. The van der Waals surface area contributed by atoms with Gasteiger partial charge in [-0.3, -0.25) is 19.3 Å². The van der Waals surface area contributed by atoms with Crippen LogP contribution in [-0.2, 0) is 32.1 Å². The predicted molar refractivity (Wildman–Crippen MR) is 148 cm³/mol. The van der Waals surface area contributed by atoms with Crippen molar-refractivity contribution in [3.8, 4) is 11.5 Å². The first-order chi connectivity index (χ1) is 19.4. The van der Waals surface area contributed by atoms with Crippen LogP contribution in [0.4, 0.5) is 0 Å². The number of hydrogen-bond donors (Lipinski definition) is 2. The molecule has 1 aliphatic carbocycles. The maximum atomic E-state index is 13.5. The molecular weight excluding hydrogens is 514 g/mol. The Morgan fingerprint density at radius 2 is 2.00 bits per heavy atom. The zero-order valence-electron chi connectivity index (χ0n) is 23.5. The van der Waals surface area contributed by atoms with Gasteiger partial charge in [0, 0.05) is 38.2 Å². The highest BCUT2D eigenvalue weighted by molar-refractivity contribution is 5.80. The Kier molecular flexibility index (Phi) is 10.5. The van der Waals surface area contributed by atoms with E-state index in [0.29, 0.717) is 69.3 Å². The molecule has 218 valence electrons. The summed E-state index contributed by atoms with van der Waals surface area (Å²) in [6.07, 6.45) is 7.42. The lowest BCUT2D eigenvalue weighted by molar-refractivity contribution is -0.156. The van der Waals surface area contributed by atoms with Crippen molar-refractivity contribution in [3.05, 3.63) is 47.9 Å². The van der Waals surface area contributed by atoms with E-state index < -0.39 is 5.41 Å². The van der Waals surface area contributed by atoms with Gasteiger partial charge in [0.25, 0.3) is 5.91 Å². The second kappa shape index (κ2) is 14.2. The highest BCUT2D eigenvalue weighted by Crippen LogP contribution is 2.43. The summed E-state index contributed by atoms with van der Waals surface area (Å²) in [6.45, 7) is 4.43. The van der Waals surface area contributed by atoms with E-state index in [1.165, 1.54) is 0 Å². The molecule has 2 aliphatic rings. The molecule has 1 aromatic carbocycles. The van der Waals surface area contributed by atoms with E-state index >= 15 is 0 Å². The van der Waals surface area contributed by atoms with Crippen LogP contribution in [0.25, 0.3) is 0 Å². The number of amides is 2. The van der Waals surface area contributed by atoms with Gasteiger partial charge in [-0.15, -0.1) is 0 Å². The second-order valence-corrected chi connectivity index (χ2v) is 10.7. The third kappa shape index (κ3) is 8.48. The number of benzene rings is 1. The van der Waals surface area contributed by atoms with Crippen LogP contribution in [0.5, 0.6) is 11.5 Å². The van der Waals surface area contributed by atoms with Gasteiger partial charge in [-0.25, -0.2) is 0 Å². The molecule has 2 aromatic rings. The fourth-order valence-electron chi connectivity index (χ4n) is 5.21. The third-order valence-electron chi connectivity index (χ3n) is 7.45.